The molecule has 0 unspecified atom stereocenters. The summed E-state index contributed by atoms with van der Waals surface area (Å²) in [5, 5.41) is 1.04. The van der Waals surface area contributed by atoms with E-state index in [0.29, 0.717) is 0 Å². The van der Waals surface area contributed by atoms with Crippen LogP contribution in [-0.2, 0) is 12.3 Å². The van der Waals surface area contributed by atoms with Gasteiger partial charge in [0.05, 0.1) is 23.8 Å². The standard InChI is InChI=1S/C21H19N3S/c1-16-7-5-6-10-18(16)15-25-21-23-19-11-12-22-13-20(19)24(21)14-17-8-3-2-4-9-17/h2-13H,14-15H2,1H3. The number of aryl methyl sites for hydroxylation is 1. The second-order valence-electron chi connectivity index (χ2n) is 6.05. The van der Waals surface area contributed by atoms with Crippen molar-refractivity contribution in [1.29, 1.82) is 0 Å². The van der Waals surface area contributed by atoms with Gasteiger partial charge in [-0.1, -0.05) is 66.4 Å². The molecule has 4 aromatic rings. The molecule has 2 aromatic heterocycles. The molecule has 2 aromatic carbocycles. The van der Waals surface area contributed by atoms with Crippen molar-refractivity contribution >= 4 is 22.8 Å². The maximum atomic E-state index is 4.84. The summed E-state index contributed by atoms with van der Waals surface area (Å²) in [6.45, 7) is 2.96. The molecule has 25 heavy (non-hydrogen) atoms. The SMILES string of the molecule is Cc1ccccc1CSc1nc2ccncc2n1Cc1ccccc1. The summed E-state index contributed by atoms with van der Waals surface area (Å²) < 4.78 is 2.26. The lowest BCUT2D eigenvalue weighted by molar-refractivity contribution is 0.730. The van der Waals surface area contributed by atoms with Gasteiger partial charge in [0.15, 0.2) is 5.16 Å². The maximum absolute atomic E-state index is 4.84. The Hall–Kier alpha value is -2.59. The van der Waals surface area contributed by atoms with E-state index >= 15 is 0 Å². The van der Waals surface area contributed by atoms with Gasteiger partial charge in [-0.2, -0.15) is 0 Å². The molecule has 3 nitrogen and oxygen atoms in total. The van der Waals surface area contributed by atoms with E-state index < -0.39 is 0 Å². The van der Waals surface area contributed by atoms with Gasteiger partial charge in [0.25, 0.3) is 0 Å². The first-order valence-electron chi connectivity index (χ1n) is 8.33. The number of aromatic nitrogens is 3. The number of hydrogen-bond acceptors (Lipinski definition) is 3. The smallest absolute Gasteiger partial charge is 0.169 e. The first kappa shape index (κ1) is 15.9. The fraction of sp³-hybridized carbons (Fsp3) is 0.143. The highest BCUT2D eigenvalue weighted by Crippen LogP contribution is 2.28. The minimum atomic E-state index is 0.805. The second-order valence-corrected chi connectivity index (χ2v) is 6.99. The zero-order chi connectivity index (χ0) is 17.1. The van der Waals surface area contributed by atoms with E-state index in [-0.39, 0.29) is 0 Å². The number of imidazole rings is 1. The Balaban J connectivity index is 1.68. The summed E-state index contributed by atoms with van der Waals surface area (Å²) >= 11 is 1.78. The lowest BCUT2D eigenvalue weighted by Crippen LogP contribution is -2.02. The van der Waals surface area contributed by atoms with Crippen molar-refractivity contribution in [2.45, 2.75) is 24.4 Å². The zero-order valence-electron chi connectivity index (χ0n) is 14.1. The van der Waals surface area contributed by atoms with Crippen LogP contribution in [0.3, 0.4) is 0 Å². The number of nitrogens with zero attached hydrogens (tertiary/aromatic N) is 3. The number of benzene rings is 2. The van der Waals surface area contributed by atoms with Crippen LogP contribution >= 0.6 is 11.8 Å². The molecule has 0 N–H and O–H groups in total. The maximum Gasteiger partial charge on any atom is 0.169 e. The van der Waals surface area contributed by atoms with E-state index in [1.807, 2.05) is 18.3 Å². The lowest BCUT2D eigenvalue weighted by Gasteiger charge is -2.10. The summed E-state index contributed by atoms with van der Waals surface area (Å²) in [6, 6.07) is 21.0. The summed E-state index contributed by atoms with van der Waals surface area (Å²) in [7, 11) is 0. The highest BCUT2D eigenvalue weighted by atomic mass is 32.2. The summed E-state index contributed by atoms with van der Waals surface area (Å²) in [5.41, 5.74) is 6.02. The van der Waals surface area contributed by atoms with Crippen molar-refractivity contribution in [2.75, 3.05) is 0 Å². The molecule has 0 bridgehead atoms. The Morgan fingerprint density at radius 2 is 1.76 bits per heavy atom. The van der Waals surface area contributed by atoms with Gasteiger partial charge in [0.2, 0.25) is 0 Å². The summed E-state index contributed by atoms with van der Waals surface area (Å²) in [5.74, 6) is 0.915. The molecule has 0 saturated carbocycles. The van der Waals surface area contributed by atoms with Crippen LogP contribution in [-0.4, -0.2) is 14.5 Å². The van der Waals surface area contributed by atoms with Crippen LogP contribution in [0.1, 0.15) is 16.7 Å². The number of hydrogen-bond donors (Lipinski definition) is 0. The average molecular weight is 345 g/mol. The van der Waals surface area contributed by atoms with E-state index in [0.717, 1.165) is 28.5 Å². The van der Waals surface area contributed by atoms with Crippen LogP contribution in [0.15, 0.2) is 78.2 Å². The van der Waals surface area contributed by atoms with Gasteiger partial charge >= 0.3 is 0 Å². The molecular weight excluding hydrogens is 326 g/mol. The summed E-state index contributed by atoms with van der Waals surface area (Å²) in [6.07, 6.45) is 3.71. The van der Waals surface area contributed by atoms with E-state index in [1.54, 1.807) is 18.0 Å². The van der Waals surface area contributed by atoms with Gasteiger partial charge in [0.1, 0.15) is 0 Å². The Morgan fingerprint density at radius 3 is 2.60 bits per heavy atom. The van der Waals surface area contributed by atoms with Crippen LogP contribution < -0.4 is 0 Å². The van der Waals surface area contributed by atoms with E-state index in [1.165, 1.54) is 16.7 Å². The molecule has 0 amide bonds. The van der Waals surface area contributed by atoms with E-state index in [9.17, 15) is 0 Å². The monoisotopic (exact) mass is 345 g/mol. The molecule has 124 valence electrons. The molecule has 4 heteroatoms. The normalized spacial score (nSPS) is 11.1. The van der Waals surface area contributed by atoms with Gasteiger partial charge in [0, 0.05) is 11.9 Å². The van der Waals surface area contributed by atoms with Crippen molar-refractivity contribution in [3.05, 3.63) is 89.7 Å². The fourth-order valence-electron chi connectivity index (χ4n) is 2.89. The van der Waals surface area contributed by atoms with Gasteiger partial charge in [-0.3, -0.25) is 4.98 Å². The molecular formula is C21H19N3S. The molecule has 0 spiro atoms. The van der Waals surface area contributed by atoms with Crippen molar-refractivity contribution in [3.8, 4) is 0 Å². The minimum Gasteiger partial charge on any atom is -0.313 e. The van der Waals surface area contributed by atoms with Crippen LogP contribution in [0.5, 0.6) is 0 Å². The Morgan fingerprint density at radius 1 is 0.960 bits per heavy atom. The highest BCUT2D eigenvalue weighted by molar-refractivity contribution is 7.98. The first-order chi connectivity index (χ1) is 12.3. The largest absolute Gasteiger partial charge is 0.313 e. The van der Waals surface area contributed by atoms with Crippen LogP contribution in [0.2, 0.25) is 0 Å². The molecule has 0 aliphatic carbocycles. The Kier molecular flexibility index (Phi) is 4.53. The van der Waals surface area contributed by atoms with Crippen molar-refractivity contribution in [1.82, 2.24) is 14.5 Å². The third kappa shape index (κ3) is 3.44. The van der Waals surface area contributed by atoms with Crippen LogP contribution in [0.4, 0.5) is 0 Å². The molecule has 2 heterocycles. The van der Waals surface area contributed by atoms with Gasteiger partial charge in [-0.25, -0.2) is 4.98 Å². The molecule has 0 saturated heterocycles. The van der Waals surface area contributed by atoms with Crippen molar-refractivity contribution in [2.24, 2.45) is 0 Å². The van der Waals surface area contributed by atoms with Crippen molar-refractivity contribution in [3.63, 3.8) is 0 Å². The Labute approximate surface area is 151 Å². The number of fused-ring (bicyclic) bond motifs is 1. The first-order valence-corrected chi connectivity index (χ1v) is 9.31. The van der Waals surface area contributed by atoms with E-state index in [2.05, 4.69) is 65.0 Å². The van der Waals surface area contributed by atoms with Gasteiger partial charge in [-0.05, 0) is 29.7 Å². The second kappa shape index (κ2) is 7.11. The van der Waals surface area contributed by atoms with E-state index in [4.69, 9.17) is 4.98 Å². The predicted octanol–water partition coefficient (Wildman–Crippen LogP) is 5.08. The van der Waals surface area contributed by atoms with Gasteiger partial charge in [-0.15, -0.1) is 0 Å². The van der Waals surface area contributed by atoms with Crippen LogP contribution in [0, 0.1) is 6.92 Å². The lowest BCUT2D eigenvalue weighted by atomic mass is 10.1. The highest BCUT2D eigenvalue weighted by Gasteiger charge is 2.12. The quantitative estimate of drug-likeness (QED) is 0.473. The molecule has 4 rings (SSSR count). The minimum absolute atomic E-state index is 0.805. The molecule has 0 radical (unpaired) electrons. The van der Waals surface area contributed by atoms with Crippen LogP contribution in [0.25, 0.3) is 11.0 Å². The fourth-order valence-corrected chi connectivity index (χ4v) is 3.98. The zero-order valence-corrected chi connectivity index (χ0v) is 14.9. The molecule has 0 atom stereocenters. The Bertz CT molecular complexity index is 992. The number of thioether (sulfide) groups is 1. The molecule has 0 fully saturated rings. The summed E-state index contributed by atoms with van der Waals surface area (Å²) in [4.78, 5) is 9.13. The molecule has 0 aliphatic heterocycles. The number of pyridine rings is 1. The predicted molar refractivity (Wildman–Crippen MR) is 104 cm³/mol. The van der Waals surface area contributed by atoms with Gasteiger partial charge < -0.3 is 4.57 Å². The third-order valence-corrected chi connectivity index (χ3v) is 5.34. The topological polar surface area (TPSA) is 30.7 Å². The average Bonchev–Trinajstić information content (AvgIpc) is 3.00. The number of rotatable bonds is 5. The van der Waals surface area contributed by atoms with Crippen molar-refractivity contribution < 1.29 is 0 Å². The molecule has 0 aliphatic rings. The third-order valence-electron chi connectivity index (χ3n) is 4.32.